The third-order valence-electron chi connectivity index (χ3n) is 4.60. The van der Waals surface area contributed by atoms with Crippen molar-refractivity contribution in [3.8, 4) is 0 Å². The van der Waals surface area contributed by atoms with Crippen LogP contribution < -0.4 is 5.73 Å². The van der Waals surface area contributed by atoms with Gasteiger partial charge in [-0.2, -0.15) is 0 Å². The van der Waals surface area contributed by atoms with Gasteiger partial charge in [0.05, 0.1) is 5.56 Å². The number of carbonyl (C=O) groups excluding carboxylic acids is 1. The number of para-hydroxylation sites is 1. The molecule has 2 fully saturated rings. The summed E-state index contributed by atoms with van der Waals surface area (Å²) in [5, 5.41) is 0. The van der Waals surface area contributed by atoms with Gasteiger partial charge in [-0.25, -0.2) is 0 Å². The summed E-state index contributed by atoms with van der Waals surface area (Å²) >= 11 is 0. The predicted octanol–water partition coefficient (Wildman–Crippen LogP) is 2.81. The van der Waals surface area contributed by atoms with Gasteiger partial charge in [-0.3, -0.25) is 4.79 Å². The molecule has 2 saturated heterocycles. The first-order valence-corrected chi connectivity index (χ1v) is 7.63. The van der Waals surface area contributed by atoms with Gasteiger partial charge in [0.15, 0.2) is 0 Å². The predicted molar refractivity (Wildman–Crippen MR) is 95.1 cm³/mol. The van der Waals surface area contributed by atoms with Crippen LogP contribution in [0.1, 0.15) is 36.0 Å². The van der Waals surface area contributed by atoms with E-state index in [1.54, 1.807) is 6.07 Å². The van der Waals surface area contributed by atoms with Crippen LogP contribution in [-0.2, 0) is 0 Å². The van der Waals surface area contributed by atoms with Gasteiger partial charge in [0.25, 0.3) is 5.91 Å². The number of amides is 1. The monoisotopic (exact) mass is 345 g/mol. The van der Waals surface area contributed by atoms with E-state index < -0.39 is 0 Å². The number of carbonyl (C=O) groups is 1. The molecule has 0 bridgehead atoms. The second-order valence-corrected chi connectivity index (χ2v) is 5.85. The molecular weight excluding hydrogens is 321 g/mol. The number of nitrogen functional groups attached to an aromatic ring is 1. The fourth-order valence-corrected chi connectivity index (χ4v) is 3.40. The van der Waals surface area contributed by atoms with Crippen LogP contribution in [0.15, 0.2) is 24.3 Å². The van der Waals surface area contributed by atoms with E-state index in [0.717, 1.165) is 25.9 Å². The highest BCUT2D eigenvalue weighted by Gasteiger charge is 2.28. The summed E-state index contributed by atoms with van der Waals surface area (Å²) in [4.78, 5) is 17.0. The molecule has 3 rings (SSSR count). The molecule has 2 heterocycles. The largest absolute Gasteiger partial charge is 0.398 e. The van der Waals surface area contributed by atoms with Crippen molar-refractivity contribution in [2.24, 2.45) is 0 Å². The zero-order valence-corrected chi connectivity index (χ0v) is 14.4. The molecule has 2 N–H and O–H groups in total. The van der Waals surface area contributed by atoms with Gasteiger partial charge < -0.3 is 15.5 Å². The average Bonchev–Trinajstić information content (AvgIpc) is 3.01. The van der Waals surface area contributed by atoms with Crippen LogP contribution in [0.2, 0.25) is 0 Å². The number of halogens is 2. The SMILES string of the molecule is Cl.Cl.Nc1ccccc1C(=O)N1CCC(N2CCCC2)CC1. The number of nitrogens with zero attached hydrogens (tertiary/aromatic N) is 2. The number of rotatable bonds is 2. The highest BCUT2D eigenvalue weighted by molar-refractivity contribution is 5.99. The van der Waals surface area contributed by atoms with Crippen molar-refractivity contribution in [2.75, 3.05) is 31.9 Å². The van der Waals surface area contributed by atoms with Crippen LogP contribution in [-0.4, -0.2) is 47.9 Å². The van der Waals surface area contributed by atoms with Crippen molar-refractivity contribution in [3.63, 3.8) is 0 Å². The maximum atomic E-state index is 12.5. The molecule has 1 aromatic rings. The summed E-state index contributed by atoms with van der Waals surface area (Å²) in [7, 11) is 0. The number of hydrogen-bond donors (Lipinski definition) is 1. The Kier molecular flexibility index (Phi) is 7.46. The minimum Gasteiger partial charge on any atom is -0.398 e. The third-order valence-corrected chi connectivity index (χ3v) is 4.60. The molecule has 0 atom stereocenters. The molecule has 0 saturated carbocycles. The maximum absolute atomic E-state index is 12.5. The maximum Gasteiger partial charge on any atom is 0.255 e. The zero-order valence-electron chi connectivity index (χ0n) is 12.7. The fraction of sp³-hybridized carbons (Fsp3) is 0.562. The normalized spacial score (nSPS) is 19.4. The molecule has 2 aliphatic rings. The molecule has 0 radical (unpaired) electrons. The molecule has 2 aliphatic heterocycles. The topological polar surface area (TPSA) is 49.6 Å². The Bertz CT molecular complexity index is 484. The molecule has 22 heavy (non-hydrogen) atoms. The van der Waals surface area contributed by atoms with Crippen molar-refractivity contribution in [1.29, 1.82) is 0 Å². The highest BCUT2D eigenvalue weighted by atomic mass is 35.5. The van der Waals surface area contributed by atoms with Crippen molar-refractivity contribution in [1.82, 2.24) is 9.80 Å². The average molecular weight is 346 g/mol. The Balaban J connectivity index is 0.00000121. The highest BCUT2D eigenvalue weighted by Crippen LogP contribution is 2.23. The Labute approximate surface area is 144 Å². The summed E-state index contributed by atoms with van der Waals surface area (Å²) in [5.41, 5.74) is 7.13. The van der Waals surface area contributed by atoms with E-state index in [1.165, 1.54) is 25.9 Å². The number of hydrogen-bond acceptors (Lipinski definition) is 3. The van der Waals surface area contributed by atoms with E-state index in [1.807, 2.05) is 23.1 Å². The fourth-order valence-electron chi connectivity index (χ4n) is 3.40. The standard InChI is InChI=1S/C16H23N3O.2ClH/c17-15-6-2-1-5-14(15)16(20)19-11-7-13(8-12-19)18-9-3-4-10-18;;/h1-2,5-6,13H,3-4,7-12,17H2;2*1H. The Morgan fingerprint density at radius 2 is 1.59 bits per heavy atom. The summed E-state index contributed by atoms with van der Waals surface area (Å²) in [6.45, 7) is 4.19. The third kappa shape index (κ3) is 4.06. The summed E-state index contributed by atoms with van der Waals surface area (Å²) in [6, 6.07) is 8.04. The first kappa shape index (κ1) is 19.1. The smallest absolute Gasteiger partial charge is 0.255 e. The van der Waals surface area contributed by atoms with Crippen LogP contribution in [0.5, 0.6) is 0 Å². The van der Waals surface area contributed by atoms with Crippen molar-refractivity contribution in [2.45, 2.75) is 31.7 Å². The lowest BCUT2D eigenvalue weighted by atomic mass is 10.0. The second kappa shape index (κ2) is 8.61. The molecule has 0 spiro atoms. The Morgan fingerprint density at radius 1 is 1.00 bits per heavy atom. The van der Waals surface area contributed by atoms with Crippen LogP contribution in [0, 0.1) is 0 Å². The van der Waals surface area contributed by atoms with Gasteiger partial charge in [-0.15, -0.1) is 24.8 Å². The summed E-state index contributed by atoms with van der Waals surface area (Å²) in [6.07, 6.45) is 4.86. The van der Waals surface area contributed by atoms with E-state index in [4.69, 9.17) is 5.73 Å². The lowest BCUT2D eigenvalue weighted by Crippen LogP contribution is -2.46. The molecule has 0 aliphatic carbocycles. The van der Waals surface area contributed by atoms with Gasteiger partial charge in [0.1, 0.15) is 0 Å². The van der Waals surface area contributed by atoms with E-state index >= 15 is 0 Å². The number of likely N-dealkylation sites (tertiary alicyclic amines) is 2. The number of benzene rings is 1. The van der Waals surface area contributed by atoms with Gasteiger partial charge in [0.2, 0.25) is 0 Å². The molecule has 1 aromatic carbocycles. The van der Waals surface area contributed by atoms with Gasteiger partial charge in [-0.05, 0) is 50.9 Å². The molecule has 0 aromatic heterocycles. The second-order valence-electron chi connectivity index (χ2n) is 5.85. The van der Waals surface area contributed by atoms with Crippen molar-refractivity contribution < 1.29 is 4.79 Å². The van der Waals surface area contributed by atoms with E-state index in [0.29, 0.717) is 17.3 Å². The van der Waals surface area contributed by atoms with Crippen LogP contribution in [0.4, 0.5) is 5.69 Å². The van der Waals surface area contributed by atoms with E-state index in [-0.39, 0.29) is 30.7 Å². The lowest BCUT2D eigenvalue weighted by Gasteiger charge is -2.36. The van der Waals surface area contributed by atoms with Crippen LogP contribution in [0.25, 0.3) is 0 Å². The Morgan fingerprint density at radius 3 is 2.18 bits per heavy atom. The van der Waals surface area contributed by atoms with Crippen molar-refractivity contribution in [3.05, 3.63) is 29.8 Å². The molecule has 4 nitrogen and oxygen atoms in total. The van der Waals surface area contributed by atoms with Crippen LogP contribution in [0.3, 0.4) is 0 Å². The van der Waals surface area contributed by atoms with Crippen LogP contribution >= 0.6 is 24.8 Å². The quantitative estimate of drug-likeness (QED) is 0.838. The number of piperidine rings is 1. The van der Waals surface area contributed by atoms with E-state index in [9.17, 15) is 4.79 Å². The zero-order chi connectivity index (χ0) is 13.9. The molecule has 6 heteroatoms. The first-order valence-electron chi connectivity index (χ1n) is 7.63. The lowest BCUT2D eigenvalue weighted by molar-refractivity contribution is 0.0645. The molecular formula is C16H25Cl2N3O. The molecule has 124 valence electrons. The molecule has 1 amide bonds. The van der Waals surface area contributed by atoms with E-state index in [2.05, 4.69) is 4.90 Å². The Hall–Kier alpha value is -0.970. The minimum atomic E-state index is 0. The number of nitrogens with two attached hydrogens (primary N) is 1. The summed E-state index contributed by atoms with van der Waals surface area (Å²) in [5.74, 6) is 0.0861. The van der Waals surface area contributed by atoms with Crippen molar-refractivity contribution >= 4 is 36.4 Å². The van der Waals surface area contributed by atoms with Gasteiger partial charge >= 0.3 is 0 Å². The first-order chi connectivity index (χ1) is 9.75. The van der Waals surface area contributed by atoms with Gasteiger partial charge in [0, 0.05) is 24.8 Å². The number of anilines is 1. The minimum absolute atomic E-state index is 0. The molecule has 0 unspecified atom stereocenters. The van der Waals surface area contributed by atoms with Gasteiger partial charge in [-0.1, -0.05) is 12.1 Å². The summed E-state index contributed by atoms with van der Waals surface area (Å²) < 4.78 is 0.